The summed E-state index contributed by atoms with van der Waals surface area (Å²) in [6.45, 7) is 1.19. The maximum atomic E-state index is 3.63. The Kier molecular flexibility index (Phi) is 3.20. The lowest BCUT2D eigenvalue weighted by molar-refractivity contribution is 0.412. The number of benzene rings is 1. The Morgan fingerprint density at radius 3 is 2.69 bits per heavy atom. The summed E-state index contributed by atoms with van der Waals surface area (Å²) in [4.78, 5) is 0. The van der Waals surface area contributed by atoms with Crippen molar-refractivity contribution in [2.75, 3.05) is 18.1 Å². The van der Waals surface area contributed by atoms with Crippen LogP contribution in [0.25, 0.3) is 0 Å². The molecule has 1 nitrogen and oxygen atoms in total. The first kappa shape index (κ1) is 10.7. The fourth-order valence-electron chi connectivity index (χ4n) is 2.59. The van der Waals surface area contributed by atoms with Gasteiger partial charge in [-0.2, -0.15) is 11.8 Å². The van der Waals surface area contributed by atoms with E-state index in [-0.39, 0.29) is 0 Å². The van der Waals surface area contributed by atoms with Gasteiger partial charge < -0.3 is 5.32 Å². The summed E-state index contributed by atoms with van der Waals surface area (Å²) in [5.74, 6) is 3.47. The highest BCUT2D eigenvalue weighted by molar-refractivity contribution is 8.00. The van der Waals surface area contributed by atoms with E-state index in [1.807, 2.05) is 0 Å². The summed E-state index contributed by atoms with van der Waals surface area (Å²) < 4.78 is 0. The number of hydrogen-bond acceptors (Lipinski definition) is 2. The summed E-state index contributed by atoms with van der Waals surface area (Å²) in [5.41, 5.74) is 3.07. The molecular weight excluding hydrogens is 214 g/mol. The monoisotopic (exact) mass is 233 g/mol. The molecule has 2 heteroatoms. The predicted molar refractivity (Wildman–Crippen MR) is 71.1 cm³/mol. The summed E-state index contributed by atoms with van der Waals surface area (Å²) in [6, 6.07) is 9.88. The molecule has 0 bridgehead atoms. The Balaban J connectivity index is 1.77. The molecule has 1 atom stereocenters. The highest BCUT2D eigenvalue weighted by Gasteiger charge is 2.21. The lowest BCUT2D eigenvalue weighted by atomic mass is 9.93. The van der Waals surface area contributed by atoms with Crippen molar-refractivity contribution in [2.24, 2.45) is 0 Å². The first-order valence-corrected chi connectivity index (χ1v) is 7.50. The van der Waals surface area contributed by atoms with E-state index in [0.717, 1.165) is 5.92 Å². The van der Waals surface area contributed by atoms with E-state index in [1.54, 1.807) is 5.56 Å². The largest absolute Gasteiger partial charge is 0.310 e. The Labute approximate surface area is 102 Å². The van der Waals surface area contributed by atoms with Crippen LogP contribution in [-0.2, 0) is 0 Å². The topological polar surface area (TPSA) is 12.0 Å². The average Bonchev–Trinajstić information content (AvgIpc) is 2.28. The van der Waals surface area contributed by atoms with Crippen LogP contribution in [0.5, 0.6) is 0 Å². The van der Waals surface area contributed by atoms with Crippen molar-refractivity contribution in [1.82, 2.24) is 5.32 Å². The highest BCUT2D eigenvalue weighted by atomic mass is 32.2. The first-order chi connectivity index (χ1) is 7.93. The minimum absolute atomic E-state index is 0.612. The van der Waals surface area contributed by atoms with Gasteiger partial charge in [-0.3, -0.25) is 0 Å². The Hall–Kier alpha value is -0.470. The highest BCUT2D eigenvalue weighted by Crippen LogP contribution is 2.35. The lowest BCUT2D eigenvalue weighted by Gasteiger charge is -2.28. The zero-order valence-corrected chi connectivity index (χ0v) is 10.4. The van der Waals surface area contributed by atoms with Gasteiger partial charge in [0.2, 0.25) is 0 Å². The minimum Gasteiger partial charge on any atom is -0.310 e. The van der Waals surface area contributed by atoms with Gasteiger partial charge in [0.05, 0.1) is 0 Å². The second-order valence-electron chi connectivity index (χ2n) is 4.91. The van der Waals surface area contributed by atoms with Crippen LogP contribution in [0, 0.1) is 0 Å². The maximum absolute atomic E-state index is 3.63. The summed E-state index contributed by atoms with van der Waals surface area (Å²) >= 11 is 2.07. The van der Waals surface area contributed by atoms with Gasteiger partial charge >= 0.3 is 0 Å². The zero-order chi connectivity index (χ0) is 10.8. The summed E-state index contributed by atoms with van der Waals surface area (Å²) in [5, 5.41) is 3.63. The number of piperidine rings is 1. The van der Waals surface area contributed by atoms with Crippen LogP contribution in [-0.4, -0.2) is 18.1 Å². The fourth-order valence-corrected chi connectivity index (χ4v) is 3.45. The van der Waals surface area contributed by atoms with E-state index in [2.05, 4.69) is 41.3 Å². The number of rotatable bonds is 2. The van der Waals surface area contributed by atoms with Crippen molar-refractivity contribution in [3.05, 3.63) is 35.4 Å². The van der Waals surface area contributed by atoms with Crippen LogP contribution in [0.2, 0.25) is 0 Å². The third-order valence-electron chi connectivity index (χ3n) is 3.73. The molecule has 0 spiro atoms. The normalized spacial score (nSPS) is 26.4. The Morgan fingerprint density at radius 1 is 1.12 bits per heavy atom. The van der Waals surface area contributed by atoms with Gasteiger partial charge in [0.25, 0.3) is 0 Å². The molecule has 1 aromatic carbocycles. The SMILES string of the molecule is c1cc(C2CSC2)cc(C2CCCCN2)c1. The van der Waals surface area contributed by atoms with Crippen LogP contribution in [0.15, 0.2) is 24.3 Å². The van der Waals surface area contributed by atoms with Crippen LogP contribution in [0.3, 0.4) is 0 Å². The molecule has 2 fully saturated rings. The van der Waals surface area contributed by atoms with Crippen molar-refractivity contribution >= 4 is 11.8 Å². The third-order valence-corrected chi connectivity index (χ3v) is 5.01. The Morgan fingerprint density at radius 2 is 2.00 bits per heavy atom. The van der Waals surface area contributed by atoms with Gasteiger partial charge in [-0.15, -0.1) is 0 Å². The fraction of sp³-hybridized carbons (Fsp3) is 0.571. The van der Waals surface area contributed by atoms with Crippen molar-refractivity contribution in [2.45, 2.75) is 31.2 Å². The molecule has 0 aliphatic carbocycles. The maximum Gasteiger partial charge on any atom is 0.0320 e. The second-order valence-corrected chi connectivity index (χ2v) is 5.98. The van der Waals surface area contributed by atoms with Gasteiger partial charge in [-0.25, -0.2) is 0 Å². The molecule has 0 amide bonds. The molecule has 1 unspecified atom stereocenters. The van der Waals surface area contributed by atoms with Crippen LogP contribution in [0.1, 0.15) is 42.3 Å². The van der Waals surface area contributed by atoms with E-state index < -0.39 is 0 Å². The van der Waals surface area contributed by atoms with Crippen LogP contribution >= 0.6 is 11.8 Å². The number of thioether (sulfide) groups is 1. The van der Waals surface area contributed by atoms with Crippen molar-refractivity contribution < 1.29 is 0 Å². The summed E-state index contributed by atoms with van der Waals surface area (Å²) in [7, 11) is 0. The van der Waals surface area contributed by atoms with Gasteiger partial charge in [0, 0.05) is 23.5 Å². The molecule has 16 heavy (non-hydrogen) atoms. The van der Waals surface area contributed by atoms with Crippen molar-refractivity contribution in [3.63, 3.8) is 0 Å². The molecule has 2 aliphatic heterocycles. The number of nitrogens with one attached hydrogen (secondary N) is 1. The smallest absolute Gasteiger partial charge is 0.0320 e. The molecule has 86 valence electrons. The molecule has 0 radical (unpaired) electrons. The van der Waals surface area contributed by atoms with Gasteiger partial charge in [0.15, 0.2) is 0 Å². The predicted octanol–water partition coefficient (Wildman–Crippen LogP) is 3.33. The lowest BCUT2D eigenvalue weighted by Crippen LogP contribution is -2.27. The average molecular weight is 233 g/mol. The molecule has 0 saturated carbocycles. The molecule has 2 aliphatic rings. The first-order valence-electron chi connectivity index (χ1n) is 6.34. The number of hydrogen-bond donors (Lipinski definition) is 1. The molecule has 3 rings (SSSR count). The molecule has 2 saturated heterocycles. The quantitative estimate of drug-likeness (QED) is 0.841. The molecule has 1 N–H and O–H groups in total. The van der Waals surface area contributed by atoms with Crippen molar-refractivity contribution in [1.29, 1.82) is 0 Å². The van der Waals surface area contributed by atoms with Crippen LogP contribution < -0.4 is 5.32 Å². The van der Waals surface area contributed by atoms with Crippen molar-refractivity contribution in [3.8, 4) is 0 Å². The van der Waals surface area contributed by atoms with Gasteiger partial charge in [-0.05, 0) is 30.5 Å². The van der Waals surface area contributed by atoms with E-state index in [4.69, 9.17) is 0 Å². The second kappa shape index (κ2) is 4.80. The molecule has 0 aromatic heterocycles. The van der Waals surface area contributed by atoms with Crippen LogP contribution in [0.4, 0.5) is 0 Å². The summed E-state index contributed by atoms with van der Waals surface area (Å²) in [6.07, 6.45) is 4.03. The van der Waals surface area contributed by atoms with E-state index in [9.17, 15) is 0 Å². The van der Waals surface area contributed by atoms with E-state index in [1.165, 1.54) is 42.9 Å². The van der Waals surface area contributed by atoms with Gasteiger partial charge in [0.1, 0.15) is 0 Å². The standard InChI is InChI=1S/C14H19NS/c1-2-7-15-14(6-1)12-5-3-4-11(8-12)13-9-16-10-13/h3-5,8,13-15H,1-2,6-7,9-10H2. The zero-order valence-electron chi connectivity index (χ0n) is 9.61. The van der Waals surface area contributed by atoms with E-state index in [0.29, 0.717) is 6.04 Å². The Bertz CT molecular complexity index is 354. The molecular formula is C14H19NS. The molecule has 1 aromatic rings. The minimum atomic E-state index is 0.612. The third kappa shape index (κ3) is 2.14. The van der Waals surface area contributed by atoms with E-state index >= 15 is 0 Å². The molecule has 2 heterocycles. The van der Waals surface area contributed by atoms with Gasteiger partial charge in [-0.1, -0.05) is 30.7 Å².